The Morgan fingerprint density at radius 1 is 1.45 bits per heavy atom. The third-order valence-corrected chi connectivity index (χ3v) is 3.31. The van der Waals surface area contributed by atoms with E-state index in [0.717, 1.165) is 5.56 Å². The van der Waals surface area contributed by atoms with E-state index in [1.54, 1.807) is 25.1 Å². The number of hydrogen-bond donors (Lipinski definition) is 3. The topological polar surface area (TPSA) is 105 Å². The zero-order chi connectivity index (χ0) is 14.9. The van der Waals surface area contributed by atoms with Crippen LogP contribution in [0.15, 0.2) is 18.2 Å². The van der Waals surface area contributed by atoms with Gasteiger partial charge in [-0.1, -0.05) is 0 Å². The summed E-state index contributed by atoms with van der Waals surface area (Å²) in [5.74, 6) is 4.04. The number of rotatable bonds is 2. The van der Waals surface area contributed by atoms with E-state index in [9.17, 15) is 14.4 Å². The number of anilines is 1. The SMILES string of the molecule is Cc1cc(C(=O)N2CC(=O)NC(=O)C2C)ccc1NN. The first-order chi connectivity index (χ1) is 9.43. The monoisotopic (exact) mass is 276 g/mol. The molecule has 20 heavy (non-hydrogen) atoms. The maximum absolute atomic E-state index is 12.4. The molecule has 1 aliphatic heterocycles. The molecule has 0 radical (unpaired) electrons. The van der Waals surface area contributed by atoms with Crippen molar-refractivity contribution < 1.29 is 14.4 Å². The van der Waals surface area contributed by atoms with Crippen molar-refractivity contribution in [1.29, 1.82) is 0 Å². The minimum atomic E-state index is -0.673. The molecule has 1 aromatic carbocycles. The summed E-state index contributed by atoms with van der Waals surface area (Å²) >= 11 is 0. The van der Waals surface area contributed by atoms with E-state index in [1.807, 2.05) is 6.92 Å². The van der Waals surface area contributed by atoms with Crippen LogP contribution < -0.4 is 16.6 Å². The fourth-order valence-corrected chi connectivity index (χ4v) is 2.09. The standard InChI is InChI=1S/C13H16N4O3/c1-7-5-9(3-4-10(7)16-14)13(20)17-6-11(18)15-12(19)8(17)2/h3-5,8,16H,6,14H2,1-2H3,(H,15,18,19). The predicted octanol–water partition coefficient (Wildman–Crippen LogP) is -0.232. The zero-order valence-corrected chi connectivity index (χ0v) is 11.3. The highest BCUT2D eigenvalue weighted by atomic mass is 16.2. The lowest BCUT2D eigenvalue weighted by molar-refractivity contribution is -0.138. The summed E-state index contributed by atoms with van der Waals surface area (Å²) in [5, 5.41) is 2.20. The Morgan fingerprint density at radius 3 is 2.75 bits per heavy atom. The summed E-state index contributed by atoms with van der Waals surface area (Å²) in [6.45, 7) is 3.27. The smallest absolute Gasteiger partial charge is 0.255 e. The Balaban J connectivity index is 2.28. The Bertz CT molecular complexity index is 585. The second-order valence-electron chi connectivity index (χ2n) is 4.70. The number of nitrogen functional groups attached to an aromatic ring is 1. The number of hydrazine groups is 1. The molecule has 1 atom stereocenters. The molecule has 0 saturated carbocycles. The molecule has 1 heterocycles. The molecule has 1 aliphatic rings. The van der Waals surface area contributed by atoms with Crippen LogP contribution in [-0.4, -0.2) is 35.2 Å². The largest absolute Gasteiger partial charge is 0.324 e. The van der Waals surface area contributed by atoms with Gasteiger partial charge in [0.1, 0.15) is 12.6 Å². The van der Waals surface area contributed by atoms with Crippen LogP contribution in [0.4, 0.5) is 5.69 Å². The van der Waals surface area contributed by atoms with Crippen molar-refractivity contribution in [3.05, 3.63) is 29.3 Å². The molecule has 7 heteroatoms. The van der Waals surface area contributed by atoms with Gasteiger partial charge in [-0.05, 0) is 37.6 Å². The lowest BCUT2D eigenvalue weighted by atomic mass is 10.1. The number of nitrogens with two attached hydrogens (primary N) is 1. The molecule has 0 aliphatic carbocycles. The predicted molar refractivity (Wildman–Crippen MR) is 72.6 cm³/mol. The van der Waals surface area contributed by atoms with Crippen molar-refractivity contribution in [2.24, 2.45) is 5.84 Å². The molecule has 3 amide bonds. The highest BCUT2D eigenvalue weighted by molar-refractivity contribution is 6.07. The van der Waals surface area contributed by atoms with E-state index in [2.05, 4.69) is 10.7 Å². The number of nitrogens with one attached hydrogen (secondary N) is 2. The third kappa shape index (κ3) is 2.48. The highest BCUT2D eigenvalue weighted by Gasteiger charge is 2.33. The van der Waals surface area contributed by atoms with Crippen LogP contribution in [0.3, 0.4) is 0 Å². The van der Waals surface area contributed by atoms with Crippen molar-refractivity contribution >= 4 is 23.4 Å². The van der Waals surface area contributed by atoms with E-state index in [-0.39, 0.29) is 12.5 Å². The minimum Gasteiger partial charge on any atom is -0.324 e. The average molecular weight is 276 g/mol. The molecule has 0 aromatic heterocycles. The van der Waals surface area contributed by atoms with Crippen LogP contribution in [0.5, 0.6) is 0 Å². The van der Waals surface area contributed by atoms with Gasteiger partial charge in [-0.25, -0.2) is 0 Å². The Labute approximate surface area is 116 Å². The number of carbonyl (C=O) groups is 3. The van der Waals surface area contributed by atoms with E-state index >= 15 is 0 Å². The number of piperazine rings is 1. The van der Waals surface area contributed by atoms with Gasteiger partial charge in [0, 0.05) is 5.56 Å². The second-order valence-corrected chi connectivity index (χ2v) is 4.70. The van der Waals surface area contributed by atoms with Gasteiger partial charge in [0.2, 0.25) is 11.8 Å². The van der Waals surface area contributed by atoms with Gasteiger partial charge < -0.3 is 10.3 Å². The summed E-state index contributed by atoms with van der Waals surface area (Å²) in [7, 11) is 0. The number of nitrogens with zero attached hydrogens (tertiary/aromatic N) is 1. The Hall–Kier alpha value is -2.41. The summed E-state index contributed by atoms with van der Waals surface area (Å²) in [5.41, 5.74) is 4.45. The van der Waals surface area contributed by atoms with Gasteiger partial charge in [-0.15, -0.1) is 0 Å². The van der Waals surface area contributed by atoms with Crippen molar-refractivity contribution in [2.75, 3.05) is 12.0 Å². The molecule has 1 saturated heterocycles. The number of carbonyl (C=O) groups excluding carboxylic acids is 3. The Kier molecular flexibility index (Phi) is 3.71. The molecule has 2 rings (SSSR count). The number of benzene rings is 1. The lowest BCUT2D eigenvalue weighted by Crippen LogP contribution is -2.58. The minimum absolute atomic E-state index is 0.123. The van der Waals surface area contributed by atoms with Crippen molar-refractivity contribution in [2.45, 2.75) is 19.9 Å². The van der Waals surface area contributed by atoms with Gasteiger partial charge in [-0.3, -0.25) is 25.5 Å². The molecule has 7 nitrogen and oxygen atoms in total. The molecule has 1 fully saturated rings. The second kappa shape index (κ2) is 5.30. The van der Waals surface area contributed by atoms with E-state index in [0.29, 0.717) is 11.3 Å². The number of imide groups is 1. The average Bonchev–Trinajstić information content (AvgIpc) is 2.42. The third-order valence-electron chi connectivity index (χ3n) is 3.31. The molecule has 1 aromatic rings. The first kappa shape index (κ1) is 14.0. The summed E-state index contributed by atoms with van der Waals surface area (Å²) in [6.07, 6.45) is 0. The molecule has 1 unspecified atom stereocenters. The fourth-order valence-electron chi connectivity index (χ4n) is 2.09. The summed E-state index contributed by atoms with van der Waals surface area (Å²) < 4.78 is 0. The van der Waals surface area contributed by atoms with Crippen LogP contribution in [0.2, 0.25) is 0 Å². The molecular formula is C13H16N4O3. The van der Waals surface area contributed by atoms with E-state index in [1.165, 1.54) is 4.90 Å². The maximum Gasteiger partial charge on any atom is 0.255 e. The summed E-state index contributed by atoms with van der Waals surface area (Å²) in [4.78, 5) is 36.6. The Morgan fingerprint density at radius 2 is 2.15 bits per heavy atom. The first-order valence-corrected chi connectivity index (χ1v) is 6.16. The zero-order valence-electron chi connectivity index (χ0n) is 11.3. The van der Waals surface area contributed by atoms with Crippen LogP contribution >= 0.6 is 0 Å². The van der Waals surface area contributed by atoms with Gasteiger partial charge in [0.25, 0.3) is 5.91 Å². The van der Waals surface area contributed by atoms with Gasteiger partial charge >= 0.3 is 0 Å². The number of aryl methyl sites for hydroxylation is 1. The van der Waals surface area contributed by atoms with Crippen LogP contribution in [0.25, 0.3) is 0 Å². The van der Waals surface area contributed by atoms with Crippen LogP contribution in [0, 0.1) is 6.92 Å². The molecule has 0 bridgehead atoms. The molecular weight excluding hydrogens is 260 g/mol. The molecule has 106 valence electrons. The van der Waals surface area contributed by atoms with Crippen molar-refractivity contribution in [3.63, 3.8) is 0 Å². The van der Waals surface area contributed by atoms with Crippen molar-refractivity contribution in [1.82, 2.24) is 10.2 Å². The van der Waals surface area contributed by atoms with Crippen LogP contribution in [-0.2, 0) is 9.59 Å². The number of amides is 3. The van der Waals surface area contributed by atoms with Gasteiger partial charge in [-0.2, -0.15) is 0 Å². The quantitative estimate of drug-likeness (QED) is 0.393. The van der Waals surface area contributed by atoms with Gasteiger partial charge in [0.05, 0.1) is 5.69 Å². The number of hydrogen-bond acceptors (Lipinski definition) is 5. The van der Waals surface area contributed by atoms with Gasteiger partial charge in [0.15, 0.2) is 0 Å². The maximum atomic E-state index is 12.4. The normalized spacial score (nSPS) is 18.8. The fraction of sp³-hybridized carbons (Fsp3) is 0.308. The first-order valence-electron chi connectivity index (χ1n) is 6.16. The highest BCUT2D eigenvalue weighted by Crippen LogP contribution is 2.18. The van der Waals surface area contributed by atoms with E-state index < -0.39 is 17.9 Å². The molecule has 4 N–H and O–H groups in total. The van der Waals surface area contributed by atoms with Crippen LogP contribution in [0.1, 0.15) is 22.8 Å². The molecule has 0 spiro atoms. The summed E-state index contributed by atoms with van der Waals surface area (Å²) in [6, 6.07) is 4.28. The van der Waals surface area contributed by atoms with Crippen molar-refractivity contribution in [3.8, 4) is 0 Å². The van der Waals surface area contributed by atoms with E-state index in [4.69, 9.17) is 5.84 Å². The lowest BCUT2D eigenvalue weighted by Gasteiger charge is -2.31.